The minimum atomic E-state index is 0.237. The van der Waals surface area contributed by atoms with Crippen LogP contribution >= 0.6 is 0 Å². The number of hydrogen-bond donors (Lipinski definition) is 1. The molecule has 4 heteroatoms. The van der Waals surface area contributed by atoms with Gasteiger partial charge in [-0.2, -0.15) is 5.10 Å². The van der Waals surface area contributed by atoms with E-state index in [2.05, 4.69) is 42.3 Å². The second kappa shape index (κ2) is 5.41. The van der Waals surface area contributed by atoms with Crippen molar-refractivity contribution >= 4 is 0 Å². The monoisotopic (exact) mass is 250 g/mol. The number of rotatable bonds is 4. The molecule has 1 aliphatic rings. The number of aromatic nitrogens is 2. The Morgan fingerprint density at radius 1 is 1.50 bits per heavy atom. The summed E-state index contributed by atoms with van der Waals surface area (Å²) in [6, 6.07) is 0.676. The summed E-state index contributed by atoms with van der Waals surface area (Å²) in [5.74, 6) is 0. The van der Waals surface area contributed by atoms with Crippen LogP contribution in [0.5, 0.6) is 0 Å². The maximum atomic E-state index is 4.23. The smallest absolute Gasteiger partial charge is 0.0522 e. The first-order valence-electron chi connectivity index (χ1n) is 6.97. The standard InChI is InChI=1S/C14H26N4/c1-5-13-9-15-14(2,3)11-18(13)7-6-12-8-16-17(4)10-12/h8,10,13,15H,5-7,9,11H2,1-4H3. The molecule has 2 rings (SSSR count). The van der Waals surface area contributed by atoms with E-state index < -0.39 is 0 Å². The minimum Gasteiger partial charge on any atom is -0.309 e. The van der Waals surface area contributed by atoms with E-state index in [4.69, 9.17) is 0 Å². The molecule has 1 aromatic rings. The lowest BCUT2D eigenvalue weighted by Crippen LogP contribution is -2.61. The van der Waals surface area contributed by atoms with E-state index in [9.17, 15) is 0 Å². The fraction of sp³-hybridized carbons (Fsp3) is 0.786. The first-order chi connectivity index (χ1) is 8.50. The molecule has 102 valence electrons. The van der Waals surface area contributed by atoms with Gasteiger partial charge in [0.1, 0.15) is 0 Å². The molecule has 1 aliphatic heterocycles. The van der Waals surface area contributed by atoms with Crippen LogP contribution in [-0.4, -0.2) is 45.9 Å². The first kappa shape index (κ1) is 13.6. The van der Waals surface area contributed by atoms with Gasteiger partial charge in [0.05, 0.1) is 6.20 Å². The van der Waals surface area contributed by atoms with E-state index >= 15 is 0 Å². The van der Waals surface area contributed by atoms with Gasteiger partial charge < -0.3 is 5.32 Å². The molecule has 2 heterocycles. The van der Waals surface area contributed by atoms with Gasteiger partial charge in [0, 0.05) is 44.5 Å². The van der Waals surface area contributed by atoms with Gasteiger partial charge in [-0.3, -0.25) is 9.58 Å². The SMILES string of the molecule is CCC1CNC(C)(C)CN1CCc1cnn(C)c1. The molecule has 1 fully saturated rings. The molecule has 0 aromatic carbocycles. The van der Waals surface area contributed by atoms with Crippen molar-refractivity contribution in [1.29, 1.82) is 0 Å². The number of piperazine rings is 1. The zero-order valence-electron chi connectivity index (χ0n) is 12.1. The molecule has 4 nitrogen and oxygen atoms in total. The second-order valence-electron chi connectivity index (χ2n) is 6.07. The van der Waals surface area contributed by atoms with Gasteiger partial charge in [0.15, 0.2) is 0 Å². The Balaban J connectivity index is 1.92. The molecule has 0 bridgehead atoms. The lowest BCUT2D eigenvalue weighted by Gasteiger charge is -2.44. The van der Waals surface area contributed by atoms with Gasteiger partial charge in [-0.05, 0) is 32.3 Å². The van der Waals surface area contributed by atoms with Crippen molar-refractivity contribution in [1.82, 2.24) is 20.0 Å². The molecule has 0 saturated carbocycles. The molecule has 1 atom stereocenters. The van der Waals surface area contributed by atoms with Crippen LogP contribution in [0.25, 0.3) is 0 Å². The number of aryl methyl sites for hydroxylation is 1. The summed E-state index contributed by atoms with van der Waals surface area (Å²) >= 11 is 0. The van der Waals surface area contributed by atoms with E-state index in [1.54, 1.807) is 0 Å². The maximum Gasteiger partial charge on any atom is 0.0522 e. The van der Waals surface area contributed by atoms with Gasteiger partial charge in [-0.1, -0.05) is 6.92 Å². The third-order valence-corrected chi connectivity index (χ3v) is 3.85. The summed E-state index contributed by atoms with van der Waals surface area (Å²) in [6.07, 6.45) is 6.42. The Labute approximate surface area is 110 Å². The summed E-state index contributed by atoms with van der Waals surface area (Å²) in [7, 11) is 1.98. The van der Waals surface area contributed by atoms with Crippen molar-refractivity contribution in [2.24, 2.45) is 7.05 Å². The molecular weight excluding hydrogens is 224 g/mol. The van der Waals surface area contributed by atoms with Crippen molar-refractivity contribution in [2.45, 2.75) is 45.2 Å². The Morgan fingerprint density at radius 3 is 2.89 bits per heavy atom. The van der Waals surface area contributed by atoms with E-state index in [0.717, 1.165) is 26.1 Å². The van der Waals surface area contributed by atoms with Crippen molar-refractivity contribution in [3.05, 3.63) is 18.0 Å². The largest absolute Gasteiger partial charge is 0.309 e. The quantitative estimate of drug-likeness (QED) is 0.877. The van der Waals surface area contributed by atoms with E-state index in [0.29, 0.717) is 6.04 Å². The van der Waals surface area contributed by atoms with Crippen molar-refractivity contribution in [3.8, 4) is 0 Å². The molecule has 0 aliphatic carbocycles. The predicted molar refractivity (Wildman–Crippen MR) is 74.6 cm³/mol. The summed E-state index contributed by atoms with van der Waals surface area (Å²) in [5, 5.41) is 7.87. The maximum absolute atomic E-state index is 4.23. The number of nitrogens with one attached hydrogen (secondary N) is 1. The normalized spacial score (nSPS) is 24.3. The third-order valence-electron chi connectivity index (χ3n) is 3.85. The Bertz CT molecular complexity index is 383. The lowest BCUT2D eigenvalue weighted by atomic mass is 9.97. The molecule has 0 radical (unpaired) electrons. The van der Waals surface area contributed by atoms with Crippen LogP contribution in [0.15, 0.2) is 12.4 Å². The number of hydrogen-bond acceptors (Lipinski definition) is 3. The van der Waals surface area contributed by atoms with Crippen LogP contribution < -0.4 is 5.32 Å². The van der Waals surface area contributed by atoms with E-state index in [1.165, 1.54) is 12.0 Å². The van der Waals surface area contributed by atoms with Crippen molar-refractivity contribution < 1.29 is 0 Å². The lowest BCUT2D eigenvalue weighted by molar-refractivity contribution is 0.0939. The fourth-order valence-corrected chi connectivity index (χ4v) is 2.75. The van der Waals surface area contributed by atoms with E-state index in [1.807, 2.05) is 17.9 Å². The molecule has 1 N–H and O–H groups in total. The zero-order chi connectivity index (χ0) is 13.2. The van der Waals surface area contributed by atoms with Crippen LogP contribution in [0.2, 0.25) is 0 Å². The van der Waals surface area contributed by atoms with Crippen molar-refractivity contribution in [2.75, 3.05) is 19.6 Å². The highest BCUT2D eigenvalue weighted by Gasteiger charge is 2.31. The van der Waals surface area contributed by atoms with Gasteiger partial charge >= 0.3 is 0 Å². The molecule has 0 spiro atoms. The zero-order valence-corrected chi connectivity index (χ0v) is 12.1. The summed E-state index contributed by atoms with van der Waals surface area (Å²) in [5.41, 5.74) is 1.57. The summed E-state index contributed by atoms with van der Waals surface area (Å²) in [6.45, 7) is 10.2. The Hall–Kier alpha value is -0.870. The summed E-state index contributed by atoms with van der Waals surface area (Å²) < 4.78 is 1.88. The Kier molecular flexibility index (Phi) is 4.07. The van der Waals surface area contributed by atoms with Crippen LogP contribution in [0.1, 0.15) is 32.8 Å². The molecule has 1 saturated heterocycles. The topological polar surface area (TPSA) is 33.1 Å². The van der Waals surface area contributed by atoms with Crippen LogP contribution in [0.4, 0.5) is 0 Å². The molecule has 1 unspecified atom stereocenters. The fourth-order valence-electron chi connectivity index (χ4n) is 2.75. The second-order valence-corrected chi connectivity index (χ2v) is 6.07. The van der Waals surface area contributed by atoms with Crippen LogP contribution in [0, 0.1) is 0 Å². The molecule has 0 amide bonds. The van der Waals surface area contributed by atoms with Gasteiger partial charge in [-0.25, -0.2) is 0 Å². The summed E-state index contributed by atoms with van der Waals surface area (Å²) in [4.78, 5) is 2.63. The van der Waals surface area contributed by atoms with Gasteiger partial charge in [-0.15, -0.1) is 0 Å². The minimum absolute atomic E-state index is 0.237. The average molecular weight is 250 g/mol. The molecule has 18 heavy (non-hydrogen) atoms. The Morgan fingerprint density at radius 2 is 2.28 bits per heavy atom. The molecule has 1 aromatic heterocycles. The van der Waals surface area contributed by atoms with Gasteiger partial charge in [0.25, 0.3) is 0 Å². The number of nitrogens with zero attached hydrogens (tertiary/aromatic N) is 3. The van der Waals surface area contributed by atoms with Crippen molar-refractivity contribution in [3.63, 3.8) is 0 Å². The van der Waals surface area contributed by atoms with Crippen LogP contribution in [0.3, 0.4) is 0 Å². The highest BCUT2D eigenvalue weighted by atomic mass is 15.3. The highest BCUT2D eigenvalue weighted by molar-refractivity contribution is 5.04. The highest BCUT2D eigenvalue weighted by Crippen LogP contribution is 2.17. The van der Waals surface area contributed by atoms with Gasteiger partial charge in [0.2, 0.25) is 0 Å². The average Bonchev–Trinajstić information content (AvgIpc) is 2.72. The van der Waals surface area contributed by atoms with E-state index in [-0.39, 0.29) is 5.54 Å². The third kappa shape index (κ3) is 3.33. The molecular formula is C14H26N4. The van der Waals surface area contributed by atoms with Crippen LogP contribution in [-0.2, 0) is 13.5 Å². The first-order valence-corrected chi connectivity index (χ1v) is 6.97. The predicted octanol–water partition coefficient (Wildman–Crippen LogP) is 1.42.